The van der Waals surface area contributed by atoms with Crippen molar-refractivity contribution in [1.29, 1.82) is 0 Å². The molecule has 6 nitrogen and oxygen atoms in total. The molecule has 0 bridgehead atoms. The van der Waals surface area contributed by atoms with Crippen LogP contribution < -0.4 is 5.32 Å². The van der Waals surface area contributed by atoms with E-state index in [1.54, 1.807) is 17.5 Å². The lowest BCUT2D eigenvalue weighted by atomic mass is 9.96. The van der Waals surface area contributed by atoms with Crippen molar-refractivity contribution in [3.63, 3.8) is 0 Å². The number of halogens is 3. The summed E-state index contributed by atoms with van der Waals surface area (Å²) in [4.78, 5) is 36.4. The van der Waals surface area contributed by atoms with Gasteiger partial charge in [-0.3, -0.25) is 14.4 Å². The Morgan fingerprint density at radius 3 is 2.50 bits per heavy atom. The van der Waals surface area contributed by atoms with E-state index < -0.39 is 54.9 Å². The molecule has 1 aliphatic heterocycles. The summed E-state index contributed by atoms with van der Waals surface area (Å²) in [5.74, 6) is -6.65. The van der Waals surface area contributed by atoms with E-state index in [0.29, 0.717) is 4.88 Å². The number of carbonyl (C=O) groups excluding carboxylic acids is 2. The summed E-state index contributed by atoms with van der Waals surface area (Å²) in [5, 5.41) is 13.0. The lowest BCUT2D eigenvalue weighted by Gasteiger charge is -2.22. The number of likely N-dealkylation sites (tertiary alicyclic amines) is 1. The van der Waals surface area contributed by atoms with Crippen LogP contribution in [0.4, 0.5) is 13.2 Å². The van der Waals surface area contributed by atoms with Gasteiger partial charge in [0, 0.05) is 13.1 Å². The van der Waals surface area contributed by atoms with Gasteiger partial charge in [-0.15, -0.1) is 11.3 Å². The molecule has 0 radical (unpaired) electrons. The predicted molar refractivity (Wildman–Crippen MR) is 78.5 cm³/mol. The number of carboxylic acid groups (broad SMARTS) is 1. The standard InChI is InChI=1S/C14H15F3N2O4S/c1-7(18-11(20)10-3-2-4-24-10)12(21)19-5-8(13(22)23)9(6-19)14(15,16)17/h2-4,7-9H,5-6H2,1H3,(H,18,20)(H,22,23)/t7?,8-,9-/m1/s1. The molecule has 2 heterocycles. The molecule has 1 aromatic rings. The molecule has 132 valence electrons. The maximum atomic E-state index is 12.9. The Balaban J connectivity index is 2.04. The summed E-state index contributed by atoms with van der Waals surface area (Å²) in [6.45, 7) is 0.0978. The summed E-state index contributed by atoms with van der Waals surface area (Å²) < 4.78 is 38.8. The molecule has 1 unspecified atom stereocenters. The zero-order chi connectivity index (χ0) is 18.1. The third-order valence-corrected chi connectivity index (χ3v) is 4.70. The van der Waals surface area contributed by atoms with E-state index in [1.165, 1.54) is 6.92 Å². The SMILES string of the molecule is CC(NC(=O)c1cccs1)C(=O)N1C[C@@H](C(F)(F)F)[C@H](C(=O)O)C1. The summed E-state index contributed by atoms with van der Waals surface area (Å²) in [6, 6.07) is 2.14. The van der Waals surface area contributed by atoms with Crippen LogP contribution in [-0.4, -0.2) is 53.1 Å². The second kappa shape index (κ2) is 6.80. The fraction of sp³-hybridized carbons (Fsp3) is 0.500. The fourth-order valence-electron chi connectivity index (χ4n) is 2.58. The number of aliphatic carboxylic acids is 1. The first-order valence-electron chi connectivity index (χ1n) is 7.04. The van der Waals surface area contributed by atoms with E-state index in [1.807, 2.05) is 0 Å². The van der Waals surface area contributed by atoms with Crippen LogP contribution in [0.1, 0.15) is 16.6 Å². The molecular weight excluding hydrogens is 349 g/mol. The van der Waals surface area contributed by atoms with Gasteiger partial charge in [0.15, 0.2) is 0 Å². The molecule has 0 aliphatic carbocycles. The average molecular weight is 364 g/mol. The summed E-state index contributed by atoms with van der Waals surface area (Å²) in [6.07, 6.45) is -4.71. The summed E-state index contributed by atoms with van der Waals surface area (Å²) >= 11 is 1.16. The van der Waals surface area contributed by atoms with Crippen LogP contribution in [0.2, 0.25) is 0 Å². The largest absolute Gasteiger partial charge is 0.481 e. The Morgan fingerprint density at radius 1 is 1.38 bits per heavy atom. The molecule has 1 aromatic heterocycles. The minimum Gasteiger partial charge on any atom is -0.481 e. The van der Waals surface area contributed by atoms with Gasteiger partial charge in [0.25, 0.3) is 5.91 Å². The van der Waals surface area contributed by atoms with Gasteiger partial charge in [-0.05, 0) is 18.4 Å². The van der Waals surface area contributed by atoms with Gasteiger partial charge in [0.05, 0.1) is 16.7 Å². The van der Waals surface area contributed by atoms with Crippen LogP contribution in [0.25, 0.3) is 0 Å². The molecule has 0 spiro atoms. The number of thiophene rings is 1. The summed E-state index contributed by atoms with van der Waals surface area (Å²) in [5.41, 5.74) is 0. The van der Waals surface area contributed by atoms with Crippen molar-refractivity contribution >= 4 is 29.1 Å². The second-order valence-corrected chi connectivity index (χ2v) is 6.46. The van der Waals surface area contributed by atoms with Crippen LogP contribution in [-0.2, 0) is 9.59 Å². The fourth-order valence-corrected chi connectivity index (χ4v) is 3.20. The van der Waals surface area contributed by atoms with E-state index in [4.69, 9.17) is 5.11 Å². The predicted octanol–water partition coefficient (Wildman–Crippen LogP) is 1.59. The highest BCUT2D eigenvalue weighted by Gasteiger charge is 2.53. The Labute approximate surface area is 139 Å². The molecule has 3 atom stereocenters. The van der Waals surface area contributed by atoms with Crippen LogP contribution >= 0.6 is 11.3 Å². The van der Waals surface area contributed by atoms with Gasteiger partial charge in [-0.2, -0.15) is 13.2 Å². The monoisotopic (exact) mass is 364 g/mol. The number of nitrogens with zero attached hydrogens (tertiary/aromatic N) is 1. The van der Waals surface area contributed by atoms with Crippen molar-refractivity contribution in [1.82, 2.24) is 10.2 Å². The Bertz CT molecular complexity index is 632. The molecule has 0 saturated carbocycles. The number of alkyl halides is 3. The molecule has 2 amide bonds. The van der Waals surface area contributed by atoms with Crippen molar-refractivity contribution in [2.75, 3.05) is 13.1 Å². The third-order valence-electron chi connectivity index (χ3n) is 3.83. The number of nitrogens with one attached hydrogen (secondary N) is 1. The van der Waals surface area contributed by atoms with E-state index in [0.717, 1.165) is 16.2 Å². The first kappa shape index (κ1) is 18.2. The number of carbonyl (C=O) groups is 3. The number of amides is 2. The maximum Gasteiger partial charge on any atom is 0.394 e. The number of carboxylic acids is 1. The minimum atomic E-state index is -4.71. The molecule has 24 heavy (non-hydrogen) atoms. The highest BCUT2D eigenvalue weighted by Crippen LogP contribution is 2.37. The van der Waals surface area contributed by atoms with Crippen molar-refractivity contribution < 1.29 is 32.7 Å². The molecule has 10 heteroatoms. The Kier molecular flexibility index (Phi) is 5.16. The lowest BCUT2D eigenvalue weighted by molar-refractivity contribution is -0.188. The highest BCUT2D eigenvalue weighted by molar-refractivity contribution is 7.12. The van der Waals surface area contributed by atoms with Crippen LogP contribution in [0.15, 0.2) is 17.5 Å². The first-order chi connectivity index (χ1) is 11.1. The molecule has 0 aromatic carbocycles. The minimum absolute atomic E-state index is 0.368. The maximum absolute atomic E-state index is 12.9. The van der Waals surface area contributed by atoms with Gasteiger partial charge in [0.1, 0.15) is 6.04 Å². The zero-order valence-corrected chi connectivity index (χ0v) is 13.4. The van der Waals surface area contributed by atoms with Gasteiger partial charge in [-0.1, -0.05) is 6.07 Å². The zero-order valence-electron chi connectivity index (χ0n) is 12.5. The highest BCUT2D eigenvalue weighted by atomic mass is 32.1. The van der Waals surface area contributed by atoms with Gasteiger partial charge in [0.2, 0.25) is 5.91 Å². The van der Waals surface area contributed by atoms with Crippen molar-refractivity contribution in [2.45, 2.75) is 19.1 Å². The van der Waals surface area contributed by atoms with E-state index in [2.05, 4.69) is 5.32 Å². The van der Waals surface area contributed by atoms with E-state index in [9.17, 15) is 27.6 Å². The van der Waals surface area contributed by atoms with Crippen LogP contribution in [0.3, 0.4) is 0 Å². The number of rotatable bonds is 4. The first-order valence-corrected chi connectivity index (χ1v) is 7.92. The molecule has 2 rings (SSSR count). The van der Waals surface area contributed by atoms with Crippen molar-refractivity contribution in [2.24, 2.45) is 11.8 Å². The van der Waals surface area contributed by atoms with Crippen molar-refractivity contribution in [3.8, 4) is 0 Å². The molecule has 2 N–H and O–H groups in total. The second-order valence-electron chi connectivity index (χ2n) is 5.51. The van der Waals surface area contributed by atoms with E-state index in [-0.39, 0.29) is 0 Å². The smallest absolute Gasteiger partial charge is 0.394 e. The van der Waals surface area contributed by atoms with E-state index >= 15 is 0 Å². The number of hydrogen-bond donors (Lipinski definition) is 2. The molecule has 1 saturated heterocycles. The van der Waals surface area contributed by atoms with Crippen molar-refractivity contribution in [3.05, 3.63) is 22.4 Å². The molecule has 1 aliphatic rings. The Morgan fingerprint density at radius 2 is 2.04 bits per heavy atom. The topological polar surface area (TPSA) is 86.7 Å². The van der Waals surface area contributed by atoms with Gasteiger partial charge >= 0.3 is 12.1 Å². The normalized spacial score (nSPS) is 22.2. The van der Waals surface area contributed by atoms with Crippen LogP contribution in [0.5, 0.6) is 0 Å². The number of hydrogen-bond acceptors (Lipinski definition) is 4. The van der Waals surface area contributed by atoms with Gasteiger partial charge in [-0.25, -0.2) is 0 Å². The molecular formula is C14H15F3N2O4S. The summed E-state index contributed by atoms with van der Waals surface area (Å²) in [7, 11) is 0. The quantitative estimate of drug-likeness (QED) is 0.849. The van der Waals surface area contributed by atoms with Crippen LogP contribution in [0, 0.1) is 11.8 Å². The molecule has 1 fully saturated rings. The Hall–Kier alpha value is -2.10. The third kappa shape index (κ3) is 3.86. The average Bonchev–Trinajstić information content (AvgIpc) is 3.14. The van der Waals surface area contributed by atoms with Gasteiger partial charge < -0.3 is 15.3 Å². The lowest BCUT2D eigenvalue weighted by Crippen LogP contribution is -2.46.